The molecule has 2 aliphatic rings. The molecule has 6 heteroatoms. The van der Waals surface area contributed by atoms with Crippen LogP contribution >= 0.6 is 23.4 Å². The molecule has 1 atom stereocenters. The van der Waals surface area contributed by atoms with Crippen LogP contribution in [0.15, 0.2) is 29.3 Å². The van der Waals surface area contributed by atoms with E-state index in [-0.39, 0.29) is 12.1 Å². The van der Waals surface area contributed by atoms with Crippen molar-refractivity contribution in [3.63, 3.8) is 0 Å². The molecule has 24 heavy (non-hydrogen) atoms. The third-order valence-electron chi connectivity index (χ3n) is 4.72. The topological polar surface area (TPSA) is 35.9 Å². The van der Waals surface area contributed by atoms with E-state index in [4.69, 9.17) is 16.6 Å². The molecule has 1 aliphatic carbocycles. The Morgan fingerprint density at radius 2 is 1.92 bits per heavy atom. The van der Waals surface area contributed by atoms with E-state index in [1.807, 2.05) is 36.2 Å². The number of aliphatic imine (C=N–C) groups is 1. The maximum absolute atomic E-state index is 12.3. The van der Waals surface area contributed by atoms with Crippen molar-refractivity contribution in [1.29, 1.82) is 0 Å². The van der Waals surface area contributed by atoms with Crippen LogP contribution in [0, 0.1) is 0 Å². The summed E-state index contributed by atoms with van der Waals surface area (Å²) in [6, 6.07) is 7.90. The molecule has 1 unspecified atom stereocenters. The predicted octanol–water partition coefficient (Wildman–Crippen LogP) is 4.39. The highest BCUT2D eigenvalue weighted by Crippen LogP contribution is 2.31. The molecule has 0 aromatic heterocycles. The molecule has 4 nitrogen and oxygen atoms in total. The van der Waals surface area contributed by atoms with Gasteiger partial charge in [-0.25, -0.2) is 0 Å². The second-order valence-corrected chi connectivity index (χ2v) is 7.90. The summed E-state index contributed by atoms with van der Waals surface area (Å²) in [5.74, 6) is 0.873. The van der Waals surface area contributed by atoms with Gasteiger partial charge in [-0.1, -0.05) is 42.6 Å². The van der Waals surface area contributed by atoms with Crippen LogP contribution in [0.5, 0.6) is 0 Å². The Morgan fingerprint density at radius 3 is 2.54 bits per heavy atom. The van der Waals surface area contributed by atoms with Crippen LogP contribution in [-0.4, -0.2) is 41.0 Å². The van der Waals surface area contributed by atoms with Gasteiger partial charge in [0.05, 0.1) is 6.04 Å². The van der Waals surface area contributed by atoms with Gasteiger partial charge in [0.15, 0.2) is 5.17 Å². The van der Waals surface area contributed by atoms with Crippen LogP contribution in [0.2, 0.25) is 5.02 Å². The van der Waals surface area contributed by atoms with Gasteiger partial charge < -0.3 is 4.90 Å². The lowest BCUT2D eigenvalue weighted by Crippen LogP contribution is -2.48. The summed E-state index contributed by atoms with van der Waals surface area (Å²) in [4.78, 5) is 21.2. The molecule has 1 heterocycles. The number of hydrogen-bond donors (Lipinski definition) is 0. The smallest absolute Gasteiger partial charge is 0.225 e. The normalized spacial score (nSPS) is 23.7. The first-order valence-corrected chi connectivity index (χ1v) is 9.91. The van der Waals surface area contributed by atoms with Crippen molar-refractivity contribution in [1.82, 2.24) is 4.90 Å². The zero-order valence-electron chi connectivity index (χ0n) is 14.2. The van der Waals surface area contributed by atoms with Gasteiger partial charge in [0.1, 0.15) is 6.17 Å². The minimum atomic E-state index is -0.00369. The fraction of sp³-hybridized carbons (Fsp3) is 0.556. The number of carbonyl (C=O) groups excluding carboxylic acids is 1. The van der Waals surface area contributed by atoms with Gasteiger partial charge in [-0.15, -0.1) is 0 Å². The van der Waals surface area contributed by atoms with Gasteiger partial charge in [-0.3, -0.25) is 14.7 Å². The van der Waals surface area contributed by atoms with E-state index in [1.165, 1.54) is 32.1 Å². The minimum absolute atomic E-state index is 0.00369. The van der Waals surface area contributed by atoms with Crippen molar-refractivity contribution >= 4 is 40.1 Å². The molecule has 130 valence electrons. The molecule has 1 saturated carbocycles. The second kappa shape index (κ2) is 7.79. The summed E-state index contributed by atoms with van der Waals surface area (Å²) in [7, 11) is 2.04. The van der Waals surface area contributed by atoms with Crippen molar-refractivity contribution in [3.05, 3.63) is 29.3 Å². The molecule has 0 bridgehead atoms. The van der Waals surface area contributed by atoms with Crippen LogP contribution in [0.25, 0.3) is 0 Å². The van der Waals surface area contributed by atoms with Gasteiger partial charge >= 0.3 is 0 Å². The van der Waals surface area contributed by atoms with Crippen molar-refractivity contribution in [3.8, 4) is 0 Å². The van der Waals surface area contributed by atoms with Crippen molar-refractivity contribution in [2.45, 2.75) is 51.2 Å². The van der Waals surface area contributed by atoms with Gasteiger partial charge in [0, 0.05) is 30.4 Å². The van der Waals surface area contributed by atoms with Crippen LogP contribution < -0.4 is 4.90 Å². The number of rotatable bonds is 3. The number of halogens is 1. The number of nitrogens with zero attached hydrogens (tertiary/aromatic N) is 3. The van der Waals surface area contributed by atoms with Crippen LogP contribution in [0.4, 0.5) is 5.69 Å². The summed E-state index contributed by atoms with van der Waals surface area (Å²) in [6.07, 6.45) is 6.28. The zero-order valence-corrected chi connectivity index (χ0v) is 15.8. The number of carbonyl (C=O) groups is 1. The summed E-state index contributed by atoms with van der Waals surface area (Å²) in [5.41, 5.74) is 0.878. The maximum Gasteiger partial charge on any atom is 0.225 e. The molecular formula is C18H24ClN3OS. The third kappa shape index (κ3) is 3.89. The monoisotopic (exact) mass is 365 g/mol. The number of amides is 1. The van der Waals surface area contributed by atoms with Gasteiger partial charge in [-0.2, -0.15) is 0 Å². The second-order valence-electron chi connectivity index (χ2n) is 6.47. The Hall–Kier alpha value is -1.20. The van der Waals surface area contributed by atoms with Gasteiger partial charge in [0.25, 0.3) is 0 Å². The van der Waals surface area contributed by atoms with Crippen LogP contribution in [0.3, 0.4) is 0 Å². The average molecular weight is 366 g/mol. The fourth-order valence-electron chi connectivity index (χ4n) is 3.40. The summed E-state index contributed by atoms with van der Waals surface area (Å²) in [6.45, 7) is 1.61. The van der Waals surface area contributed by atoms with E-state index in [1.54, 1.807) is 18.7 Å². The summed E-state index contributed by atoms with van der Waals surface area (Å²) in [5, 5.41) is 1.74. The zero-order chi connectivity index (χ0) is 17.1. The Kier molecular flexibility index (Phi) is 5.72. The number of anilines is 1. The number of amidine groups is 1. The van der Waals surface area contributed by atoms with Gasteiger partial charge in [-0.05, 0) is 37.1 Å². The van der Waals surface area contributed by atoms with Crippen molar-refractivity contribution < 1.29 is 4.79 Å². The predicted molar refractivity (Wildman–Crippen MR) is 103 cm³/mol. The minimum Gasteiger partial charge on any atom is -0.333 e. The molecule has 2 fully saturated rings. The lowest BCUT2D eigenvalue weighted by molar-refractivity contribution is -0.117. The van der Waals surface area contributed by atoms with Crippen molar-refractivity contribution in [2.75, 3.05) is 17.7 Å². The molecule has 3 rings (SSSR count). The fourth-order valence-corrected chi connectivity index (χ4v) is 4.74. The van der Waals surface area contributed by atoms with E-state index in [9.17, 15) is 4.79 Å². The first-order valence-electron chi connectivity index (χ1n) is 8.55. The van der Waals surface area contributed by atoms with Crippen molar-refractivity contribution in [2.24, 2.45) is 4.99 Å². The molecule has 1 aromatic carbocycles. The Bertz CT molecular complexity index is 613. The van der Waals surface area contributed by atoms with Crippen LogP contribution in [-0.2, 0) is 4.79 Å². The van der Waals surface area contributed by atoms with E-state index in [0.29, 0.717) is 11.1 Å². The molecule has 0 radical (unpaired) electrons. The number of benzene rings is 1. The Morgan fingerprint density at radius 1 is 1.25 bits per heavy atom. The van der Waals surface area contributed by atoms with E-state index >= 15 is 0 Å². The quantitative estimate of drug-likeness (QED) is 0.797. The molecule has 1 saturated heterocycles. The highest BCUT2D eigenvalue weighted by atomic mass is 35.5. The molecule has 1 amide bonds. The first-order chi connectivity index (χ1) is 11.6. The highest BCUT2D eigenvalue weighted by molar-refractivity contribution is 8.14. The SMILES string of the molecule is CC(=O)N(c1ccc(Cl)cc1)C1CSC(=NC2CCCCC2)N1C. The lowest BCUT2D eigenvalue weighted by atomic mass is 9.96. The van der Waals surface area contributed by atoms with Gasteiger partial charge in [0.2, 0.25) is 5.91 Å². The van der Waals surface area contributed by atoms with E-state index in [2.05, 4.69) is 4.90 Å². The Balaban J connectivity index is 1.78. The summed E-state index contributed by atoms with van der Waals surface area (Å²) < 4.78 is 0. The maximum atomic E-state index is 12.3. The molecule has 1 aliphatic heterocycles. The molecular weight excluding hydrogens is 342 g/mol. The largest absolute Gasteiger partial charge is 0.333 e. The number of hydrogen-bond acceptors (Lipinski definition) is 3. The molecule has 0 N–H and O–H groups in total. The average Bonchev–Trinajstić information content (AvgIpc) is 2.91. The Labute approximate surface area is 153 Å². The number of thioether (sulfide) groups is 1. The van der Waals surface area contributed by atoms with Crippen LogP contribution in [0.1, 0.15) is 39.0 Å². The molecule has 1 aromatic rings. The van der Waals surface area contributed by atoms with E-state index in [0.717, 1.165) is 16.6 Å². The standard InChI is InChI=1S/C18H24ClN3OS/c1-13(23)22(16-10-8-14(19)9-11-16)17-12-24-18(21(17)2)20-15-6-4-3-5-7-15/h8-11,15,17H,3-7,12H2,1-2H3. The summed E-state index contributed by atoms with van der Waals surface area (Å²) >= 11 is 7.73. The first kappa shape index (κ1) is 17.6. The van der Waals surface area contributed by atoms with E-state index < -0.39 is 0 Å². The lowest BCUT2D eigenvalue weighted by Gasteiger charge is -2.33. The molecule has 0 spiro atoms. The third-order valence-corrected chi connectivity index (χ3v) is 6.09. The highest BCUT2D eigenvalue weighted by Gasteiger charge is 2.34.